The van der Waals surface area contributed by atoms with E-state index in [0.29, 0.717) is 16.9 Å². The molecule has 1 aliphatic heterocycles. The van der Waals surface area contributed by atoms with Gasteiger partial charge in [0.2, 0.25) is 0 Å². The van der Waals surface area contributed by atoms with Crippen LogP contribution in [0, 0.1) is 5.82 Å². The molecule has 1 aromatic carbocycles. The predicted octanol–water partition coefficient (Wildman–Crippen LogP) is 2.68. The van der Waals surface area contributed by atoms with Crippen molar-refractivity contribution >= 4 is 23.2 Å². The maximum absolute atomic E-state index is 13.3. The summed E-state index contributed by atoms with van der Waals surface area (Å²) in [5.41, 5.74) is 13.2. The van der Waals surface area contributed by atoms with Crippen LogP contribution in [0.3, 0.4) is 0 Å². The number of halogens is 2. The number of hydrogen-bond acceptors (Lipinski definition) is 6. The van der Waals surface area contributed by atoms with Crippen LogP contribution in [-0.4, -0.2) is 29.6 Å². The van der Waals surface area contributed by atoms with Crippen molar-refractivity contribution in [1.29, 1.82) is 0 Å². The van der Waals surface area contributed by atoms with Gasteiger partial charge in [0, 0.05) is 25.7 Å². The second-order valence-electron chi connectivity index (χ2n) is 6.29. The van der Waals surface area contributed by atoms with E-state index in [1.165, 1.54) is 12.4 Å². The standard InChI is InChI=1S/C17H22ClFN6/c1-25(17-15(18)16(20)21-10-22-17)7-3-6-13-9-14(24-23-13)11-4-2-5-12(19)8-11/h2,4-5,8,10,13-14,23-24H,3,6-7,9H2,1H3,(H2,20,21,22). The molecule has 0 amide bonds. The third-order valence-electron chi connectivity index (χ3n) is 4.44. The fourth-order valence-corrected chi connectivity index (χ4v) is 3.32. The van der Waals surface area contributed by atoms with Gasteiger partial charge in [-0.05, 0) is 37.0 Å². The van der Waals surface area contributed by atoms with Gasteiger partial charge in [-0.3, -0.25) is 10.9 Å². The SMILES string of the molecule is CN(CCCC1CC(c2cccc(F)c2)NN1)c1ncnc(N)c1Cl. The van der Waals surface area contributed by atoms with Gasteiger partial charge >= 0.3 is 0 Å². The molecule has 0 radical (unpaired) electrons. The molecule has 134 valence electrons. The number of nitrogens with two attached hydrogens (primary N) is 1. The highest BCUT2D eigenvalue weighted by Gasteiger charge is 2.25. The lowest BCUT2D eigenvalue weighted by molar-refractivity contribution is 0.502. The van der Waals surface area contributed by atoms with E-state index in [-0.39, 0.29) is 17.7 Å². The summed E-state index contributed by atoms with van der Waals surface area (Å²) in [5, 5.41) is 0.386. The summed E-state index contributed by atoms with van der Waals surface area (Å²) in [6, 6.07) is 7.20. The third kappa shape index (κ3) is 4.36. The van der Waals surface area contributed by atoms with Crippen LogP contribution in [0.5, 0.6) is 0 Å². The first-order chi connectivity index (χ1) is 12.0. The Morgan fingerprint density at radius 2 is 2.20 bits per heavy atom. The largest absolute Gasteiger partial charge is 0.382 e. The molecule has 0 saturated carbocycles. The van der Waals surface area contributed by atoms with E-state index in [2.05, 4.69) is 20.8 Å². The second-order valence-corrected chi connectivity index (χ2v) is 6.67. The highest BCUT2D eigenvalue weighted by Crippen LogP contribution is 2.27. The third-order valence-corrected chi connectivity index (χ3v) is 4.80. The fraction of sp³-hybridized carbons (Fsp3) is 0.412. The first kappa shape index (κ1) is 17.8. The van der Waals surface area contributed by atoms with Crippen LogP contribution in [0.2, 0.25) is 5.02 Å². The van der Waals surface area contributed by atoms with Crippen molar-refractivity contribution in [2.75, 3.05) is 24.2 Å². The summed E-state index contributed by atoms with van der Waals surface area (Å²) in [4.78, 5) is 10.0. The van der Waals surface area contributed by atoms with Gasteiger partial charge in [0.05, 0.1) is 0 Å². The lowest BCUT2D eigenvalue weighted by Gasteiger charge is -2.20. The predicted molar refractivity (Wildman–Crippen MR) is 97.8 cm³/mol. The summed E-state index contributed by atoms with van der Waals surface area (Å²) >= 11 is 6.15. The van der Waals surface area contributed by atoms with Crippen molar-refractivity contribution in [2.45, 2.75) is 31.3 Å². The molecular formula is C17H22ClFN6. The maximum Gasteiger partial charge on any atom is 0.152 e. The molecule has 0 spiro atoms. The molecule has 25 heavy (non-hydrogen) atoms. The minimum Gasteiger partial charge on any atom is -0.382 e. The molecule has 1 saturated heterocycles. The monoisotopic (exact) mass is 364 g/mol. The lowest BCUT2D eigenvalue weighted by atomic mass is 9.99. The minimum atomic E-state index is -0.203. The topological polar surface area (TPSA) is 79.1 Å². The fourth-order valence-electron chi connectivity index (χ4n) is 3.07. The molecule has 2 heterocycles. The van der Waals surface area contributed by atoms with Crippen molar-refractivity contribution < 1.29 is 4.39 Å². The number of aromatic nitrogens is 2. The first-order valence-electron chi connectivity index (χ1n) is 8.28. The van der Waals surface area contributed by atoms with Crippen molar-refractivity contribution in [3.63, 3.8) is 0 Å². The Morgan fingerprint density at radius 1 is 1.36 bits per heavy atom. The van der Waals surface area contributed by atoms with E-state index >= 15 is 0 Å². The Hall–Kier alpha value is -1.96. The van der Waals surface area contributed by atoms with Gasteiger partial charge in [0.1, 0.15) is 23.0 Å². The maximum atomic E-state index is 13.3. The first-order valence-corrected chi connectivity index (χ1v) is 8.66. The Bertz CT molecular complexity index is 728. The molecule has 0 aliphatic carbocycles. The van der Waals surface area contributed by atoms with E-state index in [9.17, 15) is 4.39 Å². The lowest BCUT2D eigenvalue weighted by Crippen LogP contribution is -2.31. The molecule has 1 aromatic heterocycles. The molecule has 2 atom stereocenters. The quantitative estimate of drug-likeness (QED) is 0.731. The van der Waals surface area contributed by atoms with Crippen LogP contribution < -0.4 is 21.5 Å². The zero-order valence-corrected chi connectivity index (χ0v) is 14.8. The van der Waals surface area contributed by atoms with Crippen molar-refractivity contribution in [1.82, 2.24) is 20.8 Å². The molecular weight excluding hydrogens is 343 g/mol. The molecule has 6 nitrogen and oxygen atoms in total. The number of hydrazine groups is 1. The molecule has 2 aromatic rings. The summed E-state index contributed by atoms with van der Waals surface area (Å²) in [7, 11) is 1.93. The van der Waals surface area contributed by atoms with E-state index < -0.39 is 0 Å². The number of nitrogens with one attached hydrogen (secondary N) is 2. The molecule has 2 unspecified atom stereocenters. The van der Waals surface area contributed by atoms with E-state index in [4.69, 9.17) is 17.3 Å². The van der Waals surface area contributed by atoms with Gasteiger partial charge in [-0.2, -0.15) is 0 Å². The Morgan fingerprint density at radius 3 is 3.00 bits per heavy atom. The van der Waals surface area contributed by atoms with Crippen LogP contribution in [0.4, 0.5) is 16.0 Å². The number of hydrogen-bond donors (Lipinski definition) is 3. The molecule has 3 rings (SSSR count). The Kier molecular flexibility index (Phi) is 5.67. The average molecular weight is 365 g/mol. The second kappa shape index (κ2) is 7.95. The average Bonchev–Trinajstić information content (AvgIpc) is 3.06. The Balaban J connectivity index is 1.47. The number of benzene rings is 1. The van der Waals surface area contributed by atoms with Gasteiger partial charge < -0.3 is 10.6 Å². The Labute approximate surface area is 151 Å². The molecule has 0 bridgehead atoms. The summed E-state index contributed by atoms with van der Waals surface area (Å²) in [5.74, 6) is 0.729. The van der Waals surface area contributed by atoms with Gasteiger partial charge in [0.15, 0.2) is 5.82 Å². The molecule has 8 heteroatoms. The van der Waals surface area contributed by atoms with Crippen LogP contribution in [0.1, 0.15) is 30.9 Å². The minimum absolute atomic E-state index is 0.134. The van der Waals surface area contributed by atoms with E-state index in [0.717, 1.165) is 31.4 Å². The zero-order valence-electron chi connectivity index (χ0n) is 14.0. The van der Waals surface area contributed by atoms with Crippen molar-refractivity contribution in [3.05, 3.63) is 47.0 Å². The van der Waals surface area contributed by atoms with Gasteiger partial charge in [0.25, 0.3) is 0 Å². The number of rotatable bonds is 6. The van der Waals surface area contributed by atoms with Crippen LogP contribution >= 0.6 is 11.6 Å². The van der Waals surface area contributed by atoms with Crippen LogP contribution in [0.15, 0.2) is 30.6 Å². The highest BCUT2D eigenvalue weighted by atomic mass is 35.5. The molecule has 4 N–H and O–H groups in total. The van der Waals surface area contributed by atoms with Crippen LogP contribution in [-0.2, 0) is 0 Å². The number of anilines is 2. The highest BCUT2D eigenvalue weighted by molar-refractivity contribution is 6.35. The van der Waals surface area contributed by atoms with Crippen molar-refractivity contribution in [3.8, 4) is 0 Å². The van der Waals surface area contributed by atoms with Gasteiger partial charge in [-0.25, -0.2) is 14.4 Å². The normalized spacial score (nSPS) is 20.0. The van der Waals surface area contributed by atoms with E-state index in [1.54, 1.807) is 12.1 Å². The van der Waals surface area contributed by atoms with Crippen LogP contribution in [0.25, 0.3) is 0 Å². The smallest absolute Gasteiger partial charge is 0.152 e. The van der Waals surface area contributed by atoms with Crippen molar-refractivity contribution in [2.24, 2.45) is 0 Å². The number of nitrogen functional groups attached to an aromatic ring is 1. The molecule has 1 fully saturated rings. The summed E-state index contributed by atoms with van der Waals surface area (Å²) < 4.78 is 13.3. The summed E-state index contributed by atoms with van der Waals surface area (Å²) in [6.45, 7) is 0.805. The zero-order chi connectivity index (χ0) is 17.8. The van der Waals surface area contributed by atoms with Gasteiger partial charge in [-0.1, -0.05) is 23.7 Å². The summed E-state index contributed by atoms with van der Waals surface area (Å²) in [6.07, 6.45) is 4.29. The molecule has 1 aliphatic rings. The van der Waals surface area contributed by atoms with Gasteiger partial charge in [-0.15, -0.1) is 0 Å². The van der Waals surface area contributed by atoms with E-state index in [1.807, 2.05) is 18.0 Å². The number of nitrogens with zero attached hydrogens (tertiary/aromatic N) is 3.